The Labute approximate surface area is 101 Å². The van der Waals surface area contributed by atoms with E-state index >= 15 is 0 Å². The Balaban J connectivity index is 2.63. The molecule has 0 aliphatic heterocycles. The Morgan fingerprint density at radius 3 is 2.24 bits per heavy atom. The highest BCUT2D eigenvalue weighted by Gasteiger charge is 2.13. The summed E-state index contributed by atoms with van der Waals surface area (Å²) in [6.45, 7) is 3.83. The average Bonchev–Trinajstić information content (AvgIpc) is 2.29. The zero-order valence-corrected chi connectivity index (χ0v) is 9.90. The lowest BCUT2D eigenvalue weighted by Crippen LogP contribution is -2.02. The van der Waals surface area contributed by atoms with E-state index in [0.29, 0.717) is 5.56 Å². The van der Waals surface area contributed by atoms with Gasteiger partial charge in [-0.3, -0.25) is 0 Å². The van der Waals surface area contributed by atoms with Crippen molar-refractivity contribution in [3.63, 3.8) is 0 Å². The summed E-state index contributed by atoms with van der Waals surface area (Å²) in [6, 6.07) is 13.4. The van der Waals surface area contributed by atoms with Crippen molar-refractivity contribution in [1.29, 1.82) is 0 Å². The Kier molecular flexibility index (Phi) is 2.96. The van der Waals surface area contributed by atoms with Crippen molar-refractivity contribution in [1.82, 2.24) is 0 Å². The van der Waals surface area contributed by atoms with E-state index in [1.54, 1.807) is 0 Å². The first-order chi connectivity index (χ1) is 8.09. The zero-order valence-electron chi connectivity index (χ0n) is 9.90. The fraction of sp³-hybridized carbons (Fsp3) is 0.133. The quantitative estimate of drug-likeness (QED) is 0.848. The normalized spacial score (nSPS) is 10.2. The maximum absolute atomic E-state index is 11.3. The van der Waals surface area contributed by atoms with Crippen molar-refractivity contribution in [3.8, 4) is 11.1 Å². The summed E-state index contributed by atoms with van der Waals surface area (Å²) in [4.78, 5) is 11.3. The molecule has 0 radical (unpaired) electrons. The lowest BCUT2D eigenvalue weighted by Gasteiger charge is -2.09. The number of carbonyl (C=O) groups is 1. The molecule has 1 N–H and O–H groups in total. The van der Waals surface area contributed by atoms with Gasteiger partial charge in [-0.25, -0.2) is 4.79 Å². The third-order valence-corrected chi connectivity index (χ3v) is 2.85. The number of hydrogen-bond acceptors (Lipinski definition) is 1. The van der Waals surface area contributed by atoms with Crippen LogP contribution in [0.5, 0.6) is 0 Å². The molecule has 0 atom stereocenters. The molecule has 17 heavy (non-hydrogen) atoms. The van der Waals surface area contributed by atoms with Crippen LogP contribution in [-0.4, -0.2) is 11.1 Å². The average molecular weight is 226 g/mol. The summed E-state index contributed by atoms with van der Waals surface area (Å²) in [5, 5.41) is 9.26. The van der Waals surface area contributed by atoms with Gasteiger partial charge in [0.2, 0.25) is 0 Å². The Bertz CT molecular complexity index is 554. The van der Waals surface area contributed by atoms with Gasteiger partial charge in [-0.2, -0.15) is 0 Å². The van der Waals surface area contributed by atoms with Crippen LogP contribution in [0.25, 0.3) is 11.1 Å². The van der Waals surface area contributed by atoms with Gasteiger partial charge >= 0.3 is 5.97 Å². The van der Waals surface area contributed by atoms with E-state index < -0.39 is 5.97 Å². The summed E-state index contributed by atoms with van der Waals surface area (Å²) < 4.78 is 0. The second-order valence-corrected chi connectivity index (χ2v) is 4.17. The summed E-state index contributed by atoms with van der Waals surface area (Å²) in [7, 11) is 0. The van der Waals surface area contributed by atoms with Crippen LogP contribution in [0.4, 0.5) is 0 Å². The molecule has 2 rings (SSSR count). The molecule has 86 valence electrons. The van der Waals surface area contributed by atoms with Gasteiger partial charge < -0.3 is 5.11 Å². The van der Waals surface area contributed by atoms with Crippen molar-refractivity contribution in [2.24, 2.45) is 0 Å². The van der Waals surface area contributed by atoms with E-state index in [1.807, 2.05) is 56.3 Å². The van der Waals surface area contributed by atoms with Gasteiger partial charge in [0, 0.05) is 0 Å². The Morgan fingerprint density at radius 2 is 1.65 bits per heavy atom. The predicted octanol–water partition coefficient (Wildman–Crippen LogP) is 3.67. The van der Waals surface area contributed by atoms with Crippen LogP contribution in [0.15, 0.2) is 42.5 Å². The number of aromatic carboxylic acids is 1. The molecule has 0 saturated carbocycles. The molecule has 0 heterocycles. The number of carboxylic acid groups (broad SMARTS) is 1. The lowest BCUT2D eigenvalue weighted by atomic mass is 9.95. The highest BCUT2D eigenvalue weighted by Crippen LogP contribution is 2.26. The molecular formula is C15H14O2. The standard InChI is InChI=1S/C15H14O2/c1-10-6-8-12(9-7-10)13-5-3-4-11(2)14(13)15(16)17/h3-9H,1-2H3,(H,16,17). The van der Waals surface area contributed by atoms with Crippen LogP contribution in [0, 0.1) is 13.8 Å². The van der Waals surface area contributed by atoms with Crippen LogP contribution in [0.1, 0.15) is 21.5 Å². The second-order valence-electron chi connectivity index (χ2n) is 4.17. The van der Waals surface area contributed by atoms with Gasteiger partial charge in [0.15, 0.2) is 0 Å². The topological polar surface area (TPSA) is 37.3 Å². The van der Waals surface area contributed by atoms with Crippen LogP contribution in [0.3, 0.4) is 0 Å². The maximum atomic E-state index is 11.3. The van der Waals surface area contributed by atoms with Gasteiger partial charge in [-0.05, 0) is 30.5 Å². The van der Waals surface area contributed by atoms with Gasteiger partial charge in [0.05, 0.1) is 5.56 Å². The van der Waals surface area contributed by atoms with Gasteiger partial charge in [0.1, 0.15) is 0 Å². The van der Waals surface area contributed by atoms with E-state index in [9.17, 15) is 9.90 Å². The van der Waals surface area contributed by atoms with Crippen molar-refractivity contribution >= 4 is 5.97 Å². The molecule has 0 aliphatic rings. The van der Waals surface area contributed by atoms with Crippen molar-refractivity contribution < 1.29 is 9.90 Å². The maximum Gasteiger partial charge on any atom is 0.336 e. The third kappa shape index (κ3) is 2.21. The molecular weight excluding hydrogens is 212 g/mol. The Morgan fingerprint density at radius 1 is 1.00 bits per heavy atom. The number of aryl methyl sites for hydroxylation is 2. The van der Waals surface area contributed by atoms with Crippen LogP contribution in [-0.2, 0) is 0 Å². The van der Waals surface area contributed by atoms with Gasteiger partial charge in [-0.1, -0.05) is 48.0 Å². The Hall–Kier alpha value is -2.09. The molecule has 0 saturated heterocycles. The highest BCUT2D eigenvalue weighted by molar-refractivity contribution is 5.97. The summed E-state index contributed by atoms with van der Waals surface area (Å²) in [5.74, 6) is -0.876. The minimum Gasteiger partial charge on any atom is -0.478 e. The first-order valence-corrected chi connectivity index (χ1v) is 5.49. The third-order valence-electron chi connectivity index (χ3n) is 2.85. The SMILES string of the molecule is Cc1ccc(-c2cccc(C)c2C(=O)O)cc1. The number of hydrogen-bond donors (Lipinski definition) is 1. The summed E-state index contributed by atoms with van der Waals surface area (Å²) >= 11 is 0. The smallest absolute Gasteiger partial charge is 0.336 e. The minimum absolute atomic E-state index is 0.386. The minimum atomic E-state index is -0.876. The fourth-order valence-electron chi connectivity index (χ4n) is 1.93. The molecule has 2 nitrogen and oxygen atoms in total. The van der Waals surface area contributed by atoms with E-state index in [0.717, 1.165) is 16.7 Å². The van der Waals surface area contributed by atoms with E-state index in [4.69, 9.17) is 0 Å². The van der Waals surface area contributed by atoms with Gasteiger partial charge in [-0.15, -0.1) is 0 Å². The number of rotatable bonds is 2. The second kappa shape index (κ2) is 4.42. The predicted molar refractivity (Wildman–Crippen MR) is 68.3 cm³/mol. The van der Waals surface area contributed by atoms with Crippen LogP contribution >= 0.6 is 0 Å². The lowest BCUT2D eigenvalue weighted by molar-refractivity contribution is 0.0697. The summed E-state index contributed by atoms with van der Waals surface area (Å²) in [6.07, 6.45) is 0. The van der Waals surface area contributed by atoms with Gasteiger partial charge in [0.25, 0.3) is 0 Å². The molecule has 0 aliphatic carbocycles. The zero-order chi connectivity index (χ0) is 12.4. The highest BCUT2D eigenvalue weighted by atomic mass is 16.4. The first-order valence-electron chi connectivity index (χ1n) is 5.49. The van der Waals surface area contributed by atoms with E-state index in [-0.39, 0.29) is 0 Å². The molecule has 2 aromatic rings. The molecule has 0 bridgehead atoms. The molecule has 0 fully saturated rings. The molecule has 0 unspecified atom stereocenters. The number of benzene rings is 2. The first kappa shape index (κ1) is 11.4. The molecule has 0 amide bonds. The van der Waals surface area contributed by atoms with Crippen molar-refractivity contribution in [3.05, 3.63) is 59.2 Å². The monoisotopic (exact) mass is 226 g/mol. The van der Waals surface area contributed by atoms with E-state index in [1.165, 1.54) is 5.56 Å². The molecule has 0 aromatic heterocycles. The number of carboxylic acids is 1. The molecule has 2 heteroatoms. The van der Waals surface area contributed by atoms with Crippen LogP contribution in [0.2, 0.25) is 0 Å². The van der Waals surface area contributed by atoms with Crippen LogP contribution < -0.4 is 0 Å². The summed E-state index contributed by atoms with van der Waals surface area (Å²) in [5.41, 5.74) is 4.06. The largest absolute Gasteiger partial charge is 0.478 e. The fourth-order valence-corrected chi connectivity index (χ4v) is 1.93. The van der Waals surface area contributed by atoms with E-state index in [2.05, 4.69) is 0 Å². The molecule has 0 spiro atoms. The van der Waals surface area contributed by atoms with Crippen molar-refractivity contribution in [2.75, 3.05) is 0 Å². The molecule has 2 aromatic carbocycles. The van der Waals surface area contributed by atoms with Crippen molar-refractivity contribution in [2.45, 2.75) is 13.8 Å².